The molecule has 184 valence electrons. The van der Waals surface area contributed by atoms with Crippen LogP contribution in [0.4, 0.5) is 4.39 Å². The Labute approximate surface area is 201 Å². The Balaban J connectivity index is 1.23. The summed E-state index contributed by atoms with van der Waals surface area (Å²) in [6.45, 7) is 6.74. The van der Waals surface area contributed by atoms with E-state index in [9.17, 15) is 14.0 Å². The summed E-state index contributed by atoms with van der Waals surface area (Å²) in [6, 6.07) is 5.39. The summed E-state index contributed by atoms with van der Waals surface area (Å²) in [7, 11) is 0. The highest BCUT2D eigenvalue weighted by molar-refractivity contribution is 5.92. The van der Waals surface area contributed by atoms with Gasteiger partial charge in [0.1, 0.15) is 35.8 Å². The van der Waals surface area contributed by atoms with Crippen molar-refractivity contribution in [1.82, 2.24) is 0 Å². The predicted octanol–water partition coefficient (Wildman–Crippen LogP) is 3.11. The van der Waals surface area contributed by atoms with Crippen molar-refractivity contribution >= 4 is 11.9 Å². The molecule has 7 nitrogen and oxygen atoms in total. The standard InChI is InChI=1S/C27H27FO7/c1-12(2)25-19(34-25)20-27(35-20)24(3)9-8-15-16(11-31-22(15)30)17(24)10-18-26(27,33-18)23(25)32-21(29)13-4-6-14(28)7-5-13/h4-7,12,17-20,23H,8-11H2,1-3H3/t17-,18+,19-,20-,23-,24+,25-,26?,27?/m1/s1. The molecule has 35 heavy (non-hydrogen) atoms. The van der Waals surface area contributed by atoms with E-state index in [0.717, 1.165) is 24.0 Å². The average molecular weight is 483 g/mol. The lowest BCUT2D eigenvalue weighted by Gasteiger charge is -2.53. The molecular formula is C27H27FO7. The number of halogens is 1. The van der Waals surface area contributed by atoms with Gasteiger partial charge in [-0.15, -0.1) is 0 Å². The number of benzene rings is 1. The number of fused-ring (bicyclic) bond motifs is 4. The summed E-state index contributed by atoms with van der Waals surface area (Å²) in [4.78, 5) is 25.6. The van der Waals surface area contributed by atoms with Crippen LogP contribution in [0, 0.1) is 23.1 Å². The number of hydrogen-bond donors (Lipinski definition) is 0. The summed E-state index contributed by atoms with van der Waals surface area (Å²) < 4.78 is 44.9. The zero-order valence-electron chi connectivity index (χ0n) is 19.8. The second-order valence-corrected chi connectivity index (χ2v) is 11.8. The molecule has 0 amide bonds. The Hall–Kier alpha value is -2.29. The molecule has 3 saturated heterocycles. The zero-order chi connectivity index (χ0) is 24.1. The molecule has 2 saturated carbocycles. The Morgan fingerprint density at radius 1 is 1.14 bits per heavy atom. The first-order valence-corrected chi connectivity index (χ1v) is 12.6. The number of rotatable bonds is 3. The monoisotopic (exact) mass is 482 g/mol. The van der Waals surface area contributed by atoms with Crippen LogP contribution < -0.4 is 0 Å². The van der Waals surface area contributed by atoms with Gasteiger partial charge in [-0.2, -0.15) is 0 Å². The summed E-state index contributed by atoms with van der Waals surface area (Å²) >= 11 is 0. The van der Waals surface area contributed by atoms with Crippen LogP contribution >= 0.6 is 0 Å². The van der Waals surface area contributed by atoms with Crippen LogP contribution in [0.1, 0.15) is 50.4 Å². The number of esters is 2. The summed E-state index contributed by atoms with van der Waals surface area (Å²) in [6.07, 6.45) is 1.03. The number of ether oxygens (including phenoxy) is 5. The number of epoxide rings is 3. The van der Waals surface area contributed by atoms with E-state index >= 15 is 0 Å². The first kappa shape index (κ1) is 20.9. The van der Waals surface area contributed by atoms with E-state index in [1.165, 1.54) is 24.3 Å². The van der Waals surface area contributed by atoms with Crippen LogP contribution in [0.5, 0.6) is 0 Å². The third kappa shape index (κ3) is 2.09. The van der Waals surface area contributed by atoms with E-state index in [2.05, 4.69) is 20.8 Å². The van der Waals surface area contributed by atoms with Crippen molar-refractivity contribution in [2.75, 3.05) is 6.61 Å². The number of hydrogen-bond acceptors (Lipinski definition) is 7. The Bertz CT molecular complexity index is 1240. The smallest absolute Gasteiger partial charge is 0.338 e. The largest absolute Gasteiger partial charge is 0.458 e. The predicted molar refractivity (Wildman–Crippen MR) is 117 cm³/mol. The quantitative estimate of drug-likeness (QED) is 0.483. The molecule has 8 rings (SSSR count). The molecule has 5 fully saturated rings. The molecule has 9 atom stereocenters. The van der Waals surface area contributed by atoms with Gasteiger partial charge in [0.2, 0.25) is 0 Å². The zero-order valence-corrected chi connectivity index (χ0v) is 19.8. The molecule has 0 bridgehead atoms. The molecule has 0 N–H and O–H groups in total. The van der Waals surface area contributed by atoms with Gasteiger partial charge < -0.3 is 23.7 Å². The maximum atomic E-state index is 13.5. The molecule has 3 aliphatic carbocycles. The summed E-state index contributed by atoms with van der Waals surface area (Å²) in [5.41, 5.74) is -0.213. The van der Waals surface area contributed by atoms with Crippen LogP contribution in [0.2, 0.25) is 0 Å². The lowest BCUT2D eigenvalue weighted by molar-refractivity contribution is -0.136. The van der Waals surface area contributed by atoms with Gasteiger partial charge in [0.05, 0.1) is 11.7 Å². The van der Waals surface area contributed by atoms with Gasteiger partial charge in [-0.25, -0.2) is 14.0 Å². The first-order valence-electron chi connectivity index (χ1n) is 12.6. The molecule has 2 spiro atoms. The minimum Gasteiger partial charge on any atom is -0.458 e. The first-order chi connectivity index (χ1) is 16.7. The van der Waals surface area contributed by atoms with E-state index in [1.807, 2.05) is 0 Å². The molecule has 1 aromatic rings. The van der Waals surface area contributed by atoms with Crippen molar-refractivity contribution in [3.05, 3.63) is 46.8 Å². The normalized spacial score (nSPS) is 49.6. The Morgan fingerprint density at radius 2 is 1.91 bits per heavy atom. The van der Waals surface area contributed by atoms with Gasteiger partial charge in [0, 0.05) is 11.0 Å². The van der Waals surface area contributed by atoms with Gasteiger partial charge in [-0.1, -0.05) is 20.8 Å². The topological polar surface area (TPSA) is 90.2 Å². The average Bonchev–Trinajstić information content (AvgIpc) is 3.73. The Morgan fingerprint density at radius 3 is 2.66 bits per heavy atom. The van der Waals surface area contributed by atoms with E-state index < -0.39 is 34.7 Å². The van der Waals surface area contributed by atoms with E-state index in [-0.39, 0.29) is 47.1 Å². The van der Waals surface area contributed by atoms with Gasteiger partial charge in [0.15, 0.2) is 11.7 Å². The minimum absolute atomic E-state index is 0.0759. The molecule has 4 heterocycles. The minimum atomic E-state index is -0.794. The second kappa shape index (κ2) is 5.98. The highest BCUT2D eigenvalue weighted by Crippen LogP contribution is 2.83. The fourth-order valence-corrected chi connectivity index (χ4v) is 8.60. The van der Waals surface area contributed by atoms with Gasteiger partial charge >= 0.3 is 11.9 Å². The van der Waals surface area contributed by atoms with Gasteiger partial charge in [0.25, 0.3) is 0 Å². The van der Waals surface area contributed by atoms with Crippen LogP contribution in [-0.4, -0.2) is 59.8 Å². The van der Waals surface area contributed by atoms with Crippen LogP contribution in [0.15, 0.2) is 35.4 Å². The van der Waals surface area contributed by atoms with Crippen molar-refractivity contribution in [2.45, 2.75) is 81.3 Å². The molecule has 1 aromatic carbocycles. The van der Waals surface area contributed by atoms with Crippen LogP contribution in [-0.2, 0) is 28.5 Å². The summed E-state index contributed by atoms with van der Waals surface area (Å²) in [5, 5.41) is 0. The van der Waals surface area contributed by atoms with E-state index in [4.69, 9.17) is 23.7 Å². The van der Waals surface area contributed by atoms with Crippen molar-refractivity contribution in [2.24, 2.45) is 17.3 Å². The highest BCUT2D eigenvalue weighted by atomic mass is 19.1. The molecule has 8 heteroatoms. The molecular weight excluding hydrogens is 455 g/mol. The molecule has 4 aliphatic heterocycles. The Kier molecular flexibility index (Phi) is 3.56. The van der Waals surface area contributed by atoms with Gasteiger partial charge in [-0.3, -0.25) is 0 Å². The van der Waals surface area contributed by atoms with Crippen LogP contribution in [0.25, 0.3) is 0 Å². The van der Waals surface area contributed by atoms with Crippen molar-refractivity contribution in [3.8, 4) is 0 Å². The summed E-state index contributed by atoms with van der Waals surface area (Å²) in [5.74, 6) is -0.931. The molecule has 2 unspecified atom stereocenters. The fraction of sp³-hybridized carbons (Fsp3) is 0.630. The fourth-order valence-electron chi connectivity index (χ4n) is 8.60. The number of carbonyl (C=O) groups excluding carboxylic acids is 2. The molecule has 0 aromatic heterocycles. The maximum absolute atomic E-state index is 13.5. The third-order valence-corrected chi connectivity index (χ3v) is 10.4. The lowest BCUT2D eigenvalue weighted by atomic mass is 9.46. The maximum Gasteiger partial charge on any atom is 0.338 e. The lowest BCUT2D eigenvalue weighted by Crippen LogP contribution is -2.70. The highest BCUT2D eigenvalue weighted by Gasteiger charge is 3.01. The number of cyclic esters (lactones) is 1. The van der Waals surface area contributed by atoms with Crippen molar-refractivity contribution < 1.29 is 37.7 Å². The van der Waals surface area contributed by atoms with Crippen molar-refractivity contribution in [3.63, 3.8) is 0 Å². The SMILES string of the molecule is CC(C)[C@@]12O[C@@H]1[C@H]1OC13C1(O[C@H]1C[C@@H]1C4=C(CC[C@@]13C)C(=O)OC4)[C@@H]2OC(=O)c1ccc(F)cc1. The van der Waals surface area contributed by atoms with E-state index in [1.54, 1.807) is 0 Å². The van der Waals surface area contributed by atoms with Crippen LogP contribution in [0.3, 0.4) is 0 Å². The third-order valence-electron chi connectivity index (χ3n) is 10.4. The molecule has 7 aliphatic rings. The number of carbonyl (C=O) groups is 2. The van der Waals surface area contributed by atoms with E-state index in [0.29, 0.717) is 13.0 Å². The van der Waals surface area contributed by atoms with Crippen molar-refractivity contribution in [1.29, 1.82) is 0 Å². The molecule has 0 radical (unpaired) electrons. The second-order valence-electron chi connectivity index (χ2n) is 11.8. The van der Waals surface area contributed by atoms with Gasteiger partial charge in [-0.05, 0) is 60.9 Å².